The highest BCUT2D eigenvalue weighted by Gasteiger charge is 2.06. The van der Waals surface area contributed by atoms with Crippen molar-refractivity contribution in [3.63, 3.8) is 0 Å². The van der Waals surface area contributed by atoms with Crippen LogP contribution in [0.4, 0.5) is 0 Å². The van der Waals surface area contributed by atoms with Crippen LogP contribution in [0.1, 0.15) is 25.7 Å². The Balaban J connectivity index is 1.77. The summed E-state index contributed by atoms with van der Waals surface area (Å²) < 4.78 is 7.85. The van der Waals surface area contributed by atoms with E-state index < -0.39 is 0 Å². The molecule has 0 radical (unpaired) electrons. The molecular weight excluding hydrogens is 324 g/mol. The fourth-order valence-corrected chi connectivity index (χ4v) is 3.91. The van der Waals surface area contributed by atoms with Crippen LogP contribution in [0.15, 0.2) is 47.3 Å². The number of benzene rings is 2. The fourth-order valence-electron chi connectivity index (χ4n) is 2.63. The molecule has 120 valence electrons. The number of hydrogen-bond donors (Lipinski definition) is 1. The second-order valence-electron chi connectivity index (χ2n) is 5.57. The lowest BCUT2D eigenvalue weighted by molar-refractivity contribution is 0.305. The molecule has 2 aromatic carbocycles. The molecule has 0 saturated heterocycles. The standard InChI is InChI=1S/C19H20O2S2/c20-19-15-7-3-4-8-17(15)23-18-10-9-14(13-16(18)19)21-11-5-1-2-6-12-22/h3-4,7-10,13,22H,1-2,5-6,11-12H2. The summed E-state index contributed by atoms with van der Waals surface area (Å²) in [5.41, 5.74) is 0.0913. The van der Waals surface area contributed by atoms with Gasteiger partial charge in [0, 0.05) is 20.2 Å². The van der Waals surface area contributed by atoms with Crippen molar-refractivity contribution >= 4 is 44.1 Å². The van der Waals surface area contributed by atoms with Crippen LogP contribution >= 0.6 is 24.0 Å². The van der Waals surface area contributed by atoms with Gasteiger partial charge in [-0.2, -0.15) is 12.6 Å². The largest absolute Gasteiger partial charge is 0.494 e. The number of fused-ring (bicyclic) bond motifs is 2. The third-order valence-electron chi connectivity index (χ3n) is 3.87. The van der Waals surface area contributed by atoms with Crippen molar-refractivity contribution in [3.05, 3.63) is 52.7 Å². The van der Waals surface area contributed by atoms with Crippen molar-refractivity contribution in [1.82, 2.24) is 0 Å². The number of hydrogen-bond acceptors (Lipinski definition) is 4. The van der Waals surface area contributed by atoms with Gasteiger partial charge in [0.2, 0.25) is 0 Å². The molecule has 0 N–H and O–H groups in total. The monoisotopic (exact) mass is 344 g/mol. The highest BCUT2D eigenvalue weighted by molar-refractivity contribution is 7.80. The van der Waals surface area contributed by atoms with Crippen LogP contribution in [0.5, 0.6) is 5.75 Å². The smallest absolute Gasteiger partial charge is 0.196 e. The third-order valence-corrected chi connectivity index (χ3v) is 5.34. The lowest BCUT2D eigenvalue weighted by Gasteiger charge is -2.07. The maximum Gasteiger partial charge on any atom is 0.196 e. The molecule has 0 spiro atoms. The second-order valence-corrected chi connectivity index (χ2v) is 7.10. The summed E-state index contributed by atoms with van der Waals surface area (Å²) in [7, 11) is 0. The van der Waals surface area contributed by atoms with Gasteiger partial charge in [-0.25, -0.2) is 0 Å². The molecule has 0 aliphatic carbocycles. The van der Waals surface area contributed by atoms with Crippen LogP contribution in [-0.2, 0) is 0 Å². The van der Waals surface area contributed by atoms with Gasteiger partial charge >= 0.3 is 0 Å². The van der Waals surface area contributed by atoms with Crippen molar-refractivity contribution in [1.29, 1.82) is 0 Å². The zero-order valence-electron chi connectivity index (χ0n) is 13.0. The van der Waals surface area contributed by atoms with Gasteiger partial charge in [0.25, 0.3) is 0 Å². The van der Waals surface area contributed by atoms with E-state index in [-0.39, 0.29) is 5.43 Å². The Hall–Kier alpha value is -1.52. The Morgan fingerprint density at radius 2 is 1.70 bits per heavy atom. The average Bonchev–Trinajstić information content (AvgIpc) is 2.59. The molecule has 0 bridgehead atoms. The van der Waals surface area contributed by atoms with Gasteiger partial charge in [0.15, 0.2) is 5.43 Å². The number of unbranched alkanes of at least 4 members (excludes halogenated alkanes) is 3. The van der Waals surface area contributed by atoms with Crippen molar-refractivity contribution in [2.45, 2.75) is 25.7 Å². The van der Waals surface area contributed by atoms with E-state index in [1.54, 1.807) is 11.3 Å². The van der Waals surface area contributed by atoms with E-state index in [1.165, 1.54) is 6.42 Å². The molecule has 1 aromatic heterocycles. The molecule has 0 unspecified atom stereocenters. The Bertz CT molecular complexity index is 855. The van der Waals surface area contributed by atoms with Crippen molar-refractivity contribution < 1.29 is 4.74 Å². The molecular formula is C19H20O2S2. The minimum Gasteiger partial charge on any atom is -0.494 e. The number of ether oxygens (including phenoxy) is 1. The van der Waals surface area contributed by atoms with Crippen LogP contribution in [0.3, 0.4) is 0 Å². The summed E-state index contributed by atoms with van der Waals surface area (Å²) in [5.74, 6) is 1.73. The lowest BCUT2D eigenvalue weighted by Crippen LogP contribution is -2.02. The van der Waals surface area contributed by atoms with Crippen molar-refractivity contribution in [2.75, 3.05) is 12.4 Å². The summed E-state index contributed by atoms with van der Waals surface area (Å²) in [5, 5.41) is 1.54. The van der Waals surface area contributed by atoms with E-state index >= 15 is 0 Å². The molecule has 3 aromatic rings. The summed E-state index contributed by atoms with van der Waals surface area (Å²) >= 11 is 5.86. The number of rotatable bonds is 7. The maximum absolute atomic E-state index is 12.6. The topological polar surface area (TPSA) is 26.3 Å². The van der Waals surface area contributed by atoms with Gasteiger partial charge < -0.3 is 4.74 Å². The van der Waals surface area contributed by atoms with E-state index in [9.17, 15) is 4.79 Å². The zero-order valence-corrected chi connectivity index (χ0v) is 14.7. The highest BCUT2D eigenvalue weighted by Crippen LogP contribution is 2.27. The van der Waals surface area contributed by atoms with Crippen LogP contribution < -0.4 is 10.2 Å². The minimum atomic E-state index is 0.0913. The summed E-state index contributed by atoms with van der Waals surface area (Å²) in [4.78, 5) is 12.6. The third kappa shape index (κ3) is 3.88. The van der Waals surface area contributed by atoms with Crippen molar-refractivity contribution in [3.8, 4) is 5.75 Å². The zero-order chi connectivity index (χ0) is 16.1. The van der Waals surface area contributed by atoms with Crippen LogP contribution in [-0.4, -0.2) is 12.4 Å². The van der Waals surface area contributed by atoms with Crippen LogP contribution in [0.2, 0.25) is 0 Å². The Labute approximate surface area is 145 Å². The van der Waals surface area contributed by atoms with Gasteiger partial charge in [-0.15, -0.1) is 11.3 Å². The molecule has 0 atom stereocenters. The Morgan fingerprint density at radius 3 is 2.57 bits per heavy atom. The molecule has 4 heteroatoms. The molecule has 0 amide bonds. The Kier molecular flexibility index (Phi) is 5.57. The van der Waals surface area contributed by atoms with Crippen LogP contribution in [0.25, 0.3) is 20.2 Å². The van der Waals surface area contributed by atoms with E-state index in [0.717, 1.165) is 50.9 Å². The van der Waals surface area contributed by atoms with Gasteiger partial charge in [-0.1, -0.05) is 25.0 Å². The predicted molar refractivity (Wildman–Crippen MR) is 103 cm³/mol. The van der Waals surface area contributed by atoms with E-state index in [0.29, 0.717) is 6.61 Å². The van der Waals surface area contributed by atoms with Gasteiger partial charge in [-0.3, -0.25) is 4.79 Å². The summed E-state index contributed by atoms with van der Waals surface area (Å²) in [6.45, 7) is 0.698. The van der Waals surface area contributed by atoms with E-state index in [2.05, 4.69) is 12.6 Å². The maximum atomic E-state index is 12.6. The molecule has 1 heterocycles. The molecule has 23 heavy (non-hydrogen) atoms. The molecule has 0 aliphatic heterocycles. The van der Waals surface area contributed by atoms with Gasteiger partial charge in [0.05, 0.1) is 6.61 Å². The molecule has 2 nitrogen and oxygen atoms in total. The van der Waals surface area contributed by atoms with Crippen LogP contribution in [0, 0.1) is 0 Å². The quantitative estimate of drug-likeness (QED) is 0.358. The first kappa shape index (κ1) is 16.3. The normalized spacial score (nSPS) is 11.2. The van der Waals surface area contributed by atoms with Gasteiger partial charge in [-0.05, 0) is 48.9 Å². The second kappa shape index (κ2) is 7.84. The molecule has 0 aliphatic rings. The molecule has 0 fully saturated rings. The number of thiol groups is 1. The first-order valence-corrected chi connectivity index (χ1v) is 9.44. The first-order chi connectivity index (χ1) is 11.3. The predicted octanol–water partition coefficient (Wildman–Crippen LogP) is 5.28. The highest BCUT2D eigenvalue weighted by atomic mass is 32.1. The lowest BCUT2D eigenvalue weighted by atomic mass is 10.2. The average molecular weight is 345 g/mol. The minimum absolute atomic E-state index is 0.0913. The fraction of sp³-hybridized carbons (Fsp3) is 0.316. The van der Waals surface area contributed by atoms with E-state index in [4.69, 9.17) is 4.74 Å². The SMILES string of the molecule is O=c1c2ccccc2sc2ccc(OCCCCCCS)cc12. The first-order valence-electron chi connectivity index (χ1n) is 7.99. The van der Waals surface area contributed by atoms with E-state index in [1.807, 2.05) is 42.5 Å². The van der Waals surface area contributed by atoms with Crippen molar-refractivity contribution in [2.24, 2.45) is 0 Å². The molecule has 0 saturated carbocycles. The summed E-state index contributed by atoms with van der Waals surface area (Å²) in [6.07, 6.45) is 4.56. The van der Waals surface area contributed by atoms with Gasteiger partial charge in [0.1, 0.15) is 5.75 Å². The summed E-state index contributed by atoms with van der Waals surface area (Å²) in [6, 6.07) is 13.6. The molecule has 3 rings (SSSR count). The Morgan fingerprint density at radius 1 is 0.913 bits per heavy atom.